The maximum atomic E-state index is 11.9. The van der Waals surface area contributed by atoms with Crippen LogP contribution in [0, 0.1) is 18.3 Å². The van der Waals surface area contributed by atoms with Crippen LogP contribution in [-0.2, 0) is 29.8 Å². The van der Waals surface area contributed by atoms with Gasteiger partial charge in [-0.25, -0.2) is 13.6 Å². The third kappa shape index (κ3) is 10.3. The van der Waals surface area contributed by atoms with Crippen molar-refractivity contribution < 1.29 is 27.4 Å². The van der Waals surface area contributed by atoms with Crippen LogP contribution in [0.25, 0.3) is 11.1 Å². The van der Waals surface area contributed by atoms with E-state index in [0.717, 1.165) is 57.8 Å². The zero-order valence-corrected chi connectivity index (χ0v) is 30.1. The Morgan fingerprint density at radius 3 is 2.48 bits per heavy atom. The van der Waals surface area contributed by atoms with Crippen LogP contribution >= 0.6 is 11.6 Å². The molecule has 2 heterocycles. The number of nitrogens with zero attached hydrogens (tertiary/aromatic N) is 4. The summed E-state index contributed by atoms with van der Waals surface area (Å²) in [7, 11) is 0.315. The largest absolute Gasteiger partial charge is 0.488 e. The lowest BCUT2D eigenvalue weighted by molar-refractivity contribution is 0.171. The van der Waals surface area contributed by atoms with E-state index in [1.165, 1.54) is 6.20 Å². The Hall–Kier alpha value is -4.38. The Balaban J connectivity index is 1.40. The van der Waals surface area contributed by atoms with Crippen LogP contribution in [0.15, 0.2) is 67.0 Å². The third-order valence-electron chi connectivity index (χ3n) is 8.28. The Morgan fingerprint density at radius 1 is 0.940 bits per heavy atom. The van der Waals surface area contributed by atoms with Crippen molar-refractivity contribution in [1.29, 1.82) is 5.26 Å². The summed E-state index contributed by atoms with van der Waals surface area (Å²) in [6, 6.07) is 19.4. The molecule has 0 atom stereocenters. The number of nitriles is 1. The van der Waals surface area contributed by atoms with Gasteiger partial charge in [-0.15, -0.1) is 0 Å². The molecular formula is C37H42ClN5O6S. The van der Waals surface area contributed by atoms with E-state index in [1.807, 2.05) is 49.3 Å². The molecule has 0 fully saturated rings. The van der Waals surface area contributed by atoms with E-state index in [-0.39, 0.29) is 25.5 Å². The fraction of sp³-hybridized carbons (Fsp3) is 0.351. The van der Waals surface area contributed by atoms with Gasteiger partial charge in [0.15, 0.2) is 11.5 Å². The smallest absolute Gasteiger partial charge is 0.210 e. The molecule has 0 saturated carbocycles. The van der Waals surface area contributed by atoms with E-state index >= 15 is 0 Å². The minimum absolute atomic E-state index is 0.144. The maximum Gasteiger partial charge on any atom is 0.210 e. The minimum atomic E-state index is -3.67. The highest BCUT2D eigenvalue weighted by Crippen LogP contribution is 2.38. The number of benzene rings is 3. The fourth-order valence-electron chi connectivity index (χ4n) is 5.63. The van der Waals surface area contributed by atoms with Gasteiger partial charge in [0.25, 0.3) is 0 Å². The summed E-state index contributed by atoms with van der Waals surface area (Å²) in [6.07, 6.45) is 3.95. The van der Waals surface area contributed by atoms with Gasteiger partial charge in [-0.3, -0.25) is 9.88 Å². The van der Waals surface area contributed by atoms with Gasteiger partial charge in [-0.2, -0.15) is 5.26 Å². The number of primary sulfonamides is 1. The molecule has 0 radical (unpaired) electrons. The number of aromatic nitrogens is 1. The molecule has 4 aromatic rings. The van der Waals surface area contributed by atoms with E-state index in [4.69, 9.17) is 35.7 Å². The first-order chi connectivity index (χ1) is 24.0. The lowest BCUT2D eigenvalue weighted by Gasteiger charge is -2.25. The molecule has 5 rings (SSSR count). The first-order valence-electron chi connectivity index (χ1n) is 16.3. The molecule has 3 aromatic carbocycles. The number of nitrogens with two attached hydrogens (primary N) is 1. The van der Waals surface area contributed by atoms with Crippen molar-refractivity contribution in [2.24, 2.45) is 5.14 Å². The van der Waals surface area contributed by atoms with Gasteiger partial charge in [-0.05, 0) is 87.0 Å². The highest BCUT2D eigenvalue weighted by atomic mass is 35.5. The predicted molar refractivity (Wildman–Crippen MR) is 193 cm³/mol. The van der Waals surface area contributed by atoms with Crippen LogP contribution < -0.4 is 24.1 Å². The molecule has 1 aliphatic heterocycles. The number of fused-ring (bicyclic) bond motifs is 1. The van der Waals surface area contributed by atoms with Crippen LogP contribution in [0.1, 0.15) is 34.2 Å². The molecule has 0 unspecified atom stereocenters. The molecule has 0 amide bonds. The molecule has 1 aromatic heterocycles. The second-order valence-electron chi connectivity index (χ2n) is 12.4. The Kier molecular flexibility index (Phi) is 12.6. The number of sulfonamides is 1. The maximum absolute atomic E-state index is 11.9. The molecule has 2 N–H and O–H groups in total. The van der Waals surface area contributed by atoms with E-state index in [0.29, 0.717) is 48.4 Å². The SMILES string of the molecule is Cc1c(COc2cc(OCc3cncc(C#N)c3)c(CN(CCCN(C)C)CCS(N)(=O)=O)cc2Cl)cccc1-c1ccc2c(c1)OCCO2. The van der Waals surface area contributed by atoms with Crippen molar-refractivity contribution >= 4 is 21.6 Å². The van der Waals surface area contributed by atoms with Gasteiger partial charge >= 0.3 is 0 Å². The van der Waals surface area contributed by atoms with Crippen LogP contribution in [0.4, 0.5) is 0 Å². The Labute approximate surface area is 299 Å². The average molecular weight is 720 g/mol. The molecule has 264 valence electrons. The van der Waals surface area contributed by atoms with Gasteiger partial charge in [0, 0.05) is 42.7 Å². The number of pyridine rings is 1. The number of halogens is 1. The van der Waals surface area contributed by atoms with Gasteiger partial charge in [0.2, 0.25) is 10.0 Å². The molecule has 0 bridgehead atoms. The summed E-state index contributed by atoms with van der Waals surface area (Å²) in [4.78, 5) is 8.25. The molecule has 0 spiro atoms. The number of ether oxygens (including phenoxy) is 4. The fourth-order valence-corrected chi connectivity index (χ4v) is 6.38. The summed E-state index contributed by atoms with van der Waals surface area (Å²) >= 11 is 6.84. The van der Waals surface area contributed by atoms with Crippen molar-refractivity contribution in [2.75, 3.05) is 52.7 Å². The highest BCUT2D eigenvalue weighted by Gasteiger charge is 2.19. The van der Waals surface area contributed by atoms with Crippen LogP contribution in [0.2, 0.25) is 5.02 Å². The third-order valence-corrected chi connectivity index (χ3v) is 9.33. The normalized spacial score (nSPS) is 12.6. The topological polar surface area (TPSA) is 140 Å². The zero-order valence-electron chi connectivity index (χ0n) is 28.5. The van der Waals surface area contributed by atoms with Crippen LogP contribution in [-0.4, -0.2) is 75.9 Å². The van der Waals surface area contributed by atoms with Gasteiger partial charge in [-0.1, -0.05) is 35.9 Å². The average Bonchev–Trinajstić information content (AvgIpc) is 3.09. The molecule has 0 saturated heterocycles. The molecule has 0 aliphatic carbocycles. The minimum Gasteiger partial charge on any atom is -0.488 e. The van der Waals surface area contributed by atoms with E-state index in [9.17, 15) is 13.7 Å². The summed E-state index contributed by atoms with van der Waals surface area (Å²) in [5.41, 5.74) is 6.00. The molecule has 11 nitrogen and oxygen atoms in total. The standard InChI is InChI=1S/C37H42ClN5O6S/c1-26-30(6-4-7-32(26)29-8-9-34-37(18-29)47-14-13-46-34)25-49-36-19-35(48-24-28-16-27(20-39)21-41-22-28)31(17-33(36)38)23-43(11-5-10-42(2)3)12-15-50(40,44)45/h4,6-9,16-19,21-22H,5,10-15,23-25H2,1-3H3,(H2,40,44,45). The molecular weight excluding hydrogens is 678 g/mol. The van der Waals surface area contributed by atoms with Crippen molar-refractivity contribution in [3.05, 3.63) is 99.8 Å². The van der Waals surface area contributed by atoms with Gasteiger partial charge in [0.1, 0.15) is 44.0 Å². The van der Waals surface area contributed by atoms with Crippen molar-refractivity contribution in [3.63, 3.8) is 0 Å². The summed E-state index contributed by atoms with van der Waals surface area (Å²) in [6.45, 7) is 5.58. The zero-order chi connectivity index (χ0) is 35.7. The highest BCUT2D eigenvalue weighted by molar-refractivity contribution is 7.89. The van der Waals surface area contributed by atoms with E-state index in [2.05, 4.69) is 28.9 Å². The number of hydrogen-bond donors (Lipinski definition) is 1. The van der Waals surface area contributed by atoms with Crippen LogP contribution in [0.5, 0.6) is 23.0 Å². The summed E-state index contributed by atoms with van der Waals surface area (Å²) in [5.74, 6) is 2.23. The van der Waals surface area contributed by atoms with Gasteiger partial charge < -0.3 is 23.8 Å². The Bertz CT molecular complexity index is 1950. The quantitative estimate of drug-likeness (QED) is 0.157. The first-order valence-corrected chi connectivity index (χ1v) is 18.4. The predicted octanol–water partition coefficient (Wildman–Crippen LogP) is 5.55. The second kappa shape index (κ2) is 17.0. The van der Waals surface area contributed by atoms with E-state index in [1.54, 1.807) is 24.4 Å². The first kappa shape index (κ1) is 36.9. The number of hydrogen-bond acceptors (Lipinski definition) is 10. The second-order valence-corrected chi connectivity index (χ2v) is 14.6. The summed E-state index contributed by atoms with van der Waals surface area (Å²) in [5, 5.41) is 15.1. The molecule has 1 aliphatic rings. The van der Waals surface area contributed by atoms with Crippen molar-refractivity contribution in [1.82, 2.24) is 14.8 Å². The lowest BCUT2D eigenvalue weighted by Crippen LogP contribution is -2.33. The number of rotatable bonds is 16. The molecule has 50 heavy (non-hydrogen) atoms. The van der Waals surface area contributed by atoms with Crippen LogP contribution in [0.3, 0.4) is 0 Å². The Morgan fingerprint density at radius 2 is 1.72 bits per heavy atom. The monoisotopic (exact) mass is 719 g/mol. The molecule has 13 heteroatoms. The van der Waals surface area contributed by atoms with Crippen molar-refractivity contribution in [3.8, 4) is 40.2 Å². The van der Waals surface area contributed by atoms with Gasteiger partial charge in [0.05, 0.1) is 16.3 Å². The van der Waals surface area contributed by atoms with E-state index < -0.39 is 10.0 Å². The summed E-state index contributed by atoms with van der Waals surface area (Å²) < 4.78 is 47.9. The lowest BCUT2D eigenvalue weighted by atomic mass is 9.96. The van der Waals surface area contributed by atoms with Crippen molar-refractivity contribution in [2.45, 2.75) is 33.1 Å².